The Morgan fingerprint density at radius 1 is 1.23 bits per heavy atom. The maximum Gasteiger partial charge on any atom is 0.258 e. The van der Waals surface area contributed by atoms with Gasteiger partial charge in [0.05, 0.1) is 26.2 Å². The van der Waals surface area contributed by atoms with Crippen molar-refractivity contribution in [2.24, 2.45) is 0 Å². The molecule has 0 aliphatic carbocycles. The maximum absolute atomic E-state index is 11.8. The standard InChI is InChI=1S/C16H25BrN2O2.ClH/c1-5-19(6-2)8-7-18-15(20)11-21-14-9-12(3)16(17)13(4)10-14;/h9-10H,5-8,11H2,1-4H3,(H,18,20);1H. The van der Waals surface area contributed by atoms with Crippen molar-refractivity contribution < 1.29 is 26.8 Å². The number of hydrogen-bond donors (Lipinski definition) is 2. The third-order valence-corrected chi connectivity index (χ3v) is 4.83. The van der Waals surface area contributed by atoms with E-state index in [1.54, 1.807) is 0 Å². The molecule has 0 radical (unpaired) electrons. The molecule has 6 heteroatoms. The maximum atomic E-state index is 11.8. The van der Waals surface area contributed by atoms with Crippen LogP contribution in [0.2, 0.25) is 0 Å². The van der Waals surface area contributed by atoms with Crippen molar-refractivity contribution in [2.75, 3.05) is 32.8 Å². The van der Waals surface area contributed by atoms with Gasteiger partial charge in [-0.25, -0.2) is 0 Å². The number of carbonyl (C=O) groups excluding carboxylic acids is 1. The van der Waals surface area contributed by atoms with E-state index in [-0.39, 0.29) is 24.9 Å². The van der Waals surface area contributed by atoms with Crippen LogP contribution in [0.1, 0.15) is 25.0 Å². The third-order valence-electron chi connectivity index (χ3n) is 3.58. The summed E-state index contributed by atoms with van der Waals surface area (Å²) in [5, 5.41) is 2.90. The summed E-state index contributed by atoms with van der Waals surface area (Å²) < 4.78 is 6.64. The Bertz CT molecular complexity index is 456. The largest absolute Gasteiger partial charge is 1.00 e. The molecule has 1 rings (SSSR count). The van der Waals surface area contributed by atoms with E-state index in [1.807, 2.05) is 26.0 Å². The summed E-state index contributed by atoms with van der Waals surface area (Å²) in [6.45, 7) is 12.2. The van der Waals surface area contributed by atoms with Gasteiger partial charge in [0.15, 0.2) is 6.61 Å². The molecule has 0 heterocycles. The Kier molecular flexibility index (Phi) is 10.5. The second-order valence-electron chi connectivity index (χ2n) is 5.22. The Hall–Kier alpha value is -0.780. The number of aryl methyl sites for hydroxylation is 2. The van der Waals surface area contributed by atoms with Gasteiger partial charge in [-0.2, -0.15) is 0 Å². The van der Waals surface area contributed by atoms with Gasteiger partial charge in [0.1, 0.15) is 5.75 Å². The first kappa shape index (κ1) is 21.2. The number of quaternary nitrogens is 1. The first-order chi connectivity index (χ1) is 9.97. The highest BCUT2D eigenvalue weighted by Crippen LogP contribution is 2.26. The van der Waals surface area contributed by atoms with E-state index in [9.17, 15) is 4.79 Å². The number of rotatable bonds is 8. The van der Waals surface area contributed by atoms with Crippen LogP contribution < -0.4 is 27.4 Å². The molecular formula is C16H26BrClN2O2. The van der Waals surface area contributed by atoms with Gasteiger partial charge in [0.25, 0.3) is 5.91 Å². The molecule has 1 amide bonds. The SMILES string of the molecule is CC[NH+](CC)CCNC(=O)COc1cc(C)c(Br)c(C)c1.[Cl-]. The molecule has 0 unspecified atom stereocenters. The van der Waals surface area contributed by atoms with E-state index in [4.69, 9.17) is 4.74 Å². The number of amides is 1. The fraction of sp³-hybridized carbons (Fsp3) is 0.562. The van der Waals surface area contributed by atoms with Gasteiger partial charge in [-0.3, -0.25) is 4.79 Å². The number of halogens is 2. The third kappa shape index (κ3) is 6.99. The minimum Gasteiger partial charge on any atom is -1.00 e. The molecule has 126 valence electrons. The summed E-state index contributed by atoms with van der Waals surface area (Å²) in [6.07, 6.45) is 0. The van der Waals surface area contributed by atoms with Gasteiger partial charge in [-0.05, 0) is 51.0 Å². The summed E-state index contributed by atoms with van der Waals surface area (Å²) in [5.41, 5.74) is 2.21. The lowest BCUT2D eigenvalue weighted by atomic mass is 10.1. The highest BCUT2D eigenvalue weighted by molar-refractivity contribution is 9.10. The van der Waals surface area contributed by atoms with Crippen molar-refractivity contribution in [2.45, 2.75) is 27.7 Å². The molecule has 0 bridgehead atoms. The second kappa shape index (κ2) is 10.9. The second-order valence-corrected chi connectivity index (χ2v) is 6.01. The number of ether oxygens (including phenoxy) is 1. The summed E-state index contributed by atoms with van der Waals surface area (Å²) in [6, 6.07) is 3.87. The summed E-state index contributed by atoms with van der Waals surface area (Å²) in [4.78, 5) is 13.2. The number of benzene rings is 1. The van der Waals surface area contributed by atoms with Crippen LogP contribution in [0.3, 0.4) is 0 Å². The van der Waals surface area contributed by atoms with Crippen molar-refractivity contribution in [3.63, 3.8) is 0 Å². The van der Waals surface area contributed by atoms with Crippen LogP contribution in [0, 0.1) is 13.8 Å². The zero-order valence-electron chi connectivity index (χ0n) is 13.8. The van der Waals surface area contributed by atoms with Crippen LogP contribution >= 0.6 is 15.9 Å². The van der Waals surface area contributed by atoms with Gasteiger partial charge >= 0.3 is 0 Å². The lowest BCUT2D eigenvalue weighted by Crippen LogP contribution is -3.12. The highest BCUT2D eigenvalue weighted by atomic mass is 79.9. The Balaban J connectivity index is 0.00000441. The fourth-order valence-electron chi connectivity index (χ4n) is 2.17. The molecule has 0 saturated carbocycles. The van der Waals surface area contributed by atoms with E-state index >= 15 is 0 Å². The van der Waals surface area contributed by atoms with E-state index in [2.05, 4.69) is 35.1 Å². The molecule has 0 fully saturated rings. The zero-order valence-corrected chi connectivity index (χ0v) is 16.1. The average molecular weight is 394 g/mol. The quantitative estimate of drug-likeness (QED) is 0.564. The molecule has 0 spiro atoms. The van der Waals surface area contributed by atoms with Crippen LogP contribution in [0.5, 0.6) is 5.75 Å². The molecular weight excluding hydrogens is 368 g/mol. The normalized spacial score (nSPS) is 10.3. The first-order valence-corrected chi connectivity index (χ1v) is 8.27. The fourth-order valence-corrected chi connectivity index (χ4v) is 2.40. The molecule has 22 heavy (non-hydrogen) atoms. The number of likely N-dealkylation sites (N-methyl/N-ethyl adjacent to an activating group) is 1. The van der Waals surface area contributed by atoms with Crippen molar-refractivity contribution >= 4 is 21.8 Å². The molecule has 0 saturated heterocycles. The van der Waals surface area contributed by atoms with Crippen molar-refractivity contribution in [1.29, 1.82) is 0 Å². The zero-order chi connectivity index (χ0) is 15.8. The number of nitrogens with one attached hydrogen (secondary N) is 2. The van der Waals surface area contributed by atoms with Crippen molar-refractivity contribution in [1.82, 2.24) is 5.32 Å². The van der Waals surface area contributed by atoms with Gasteiger partial charge < -0.3 is 27.4 Å². The van der Waals surface area contributed by atoms with Crippen molar-refractivity contribution in [3.8, 4) is 5.75 Å². The molecule has 0 aliphatic heterocycles. The minimum absolute atomic E-state index is 0. The van der Waals surface area contributed by atoms with Crippen LogP contribution in [-0.4, -0.2) is 38.7 Å². The molecule has 2 N–H and O–H groups in total. The monoisotopic (exact) mass is 392 g/mol. The number of hydrogen-bond acceptors (Lipinski definition) is 2. The van der Waals surface area contributed by atoms with Crippen molar-refractivity contribution in [3.05, 3.63) is 27.7 Å². The molecule has 0 atom stereocenters. The minimum atomic E-state index is -0.0696. The van der Waals surface area contributed by atoms with Gasteiger partial charge in [0, 0.05) is 4.47 Å². The highest BCUT2D eigenvalue weighted by Gasteiger charge is 2.07. The van der Waals surface area contributed by atoms with E-state index in [1.165, 1.54) is 4.90 Å². The first-order valence-electron chi connectivity index (χ1n) is 7.47. The summed E-state index contributed by atoms with van der Waals surface area (Å²) in [7, 11) is 0. The van der Waals surface area contributed by atoms with E-state index in [0.29, 0.717) is 6.54 Å². The van der Waals surface area contributed by atoms with Crippen LogP contribution in [0.4, 0.5) is 0 Å². The van der Waals surface area contributed by atoms with Gasteiger partial charge in [-0.1, -0.05) is 15.9 Å². The van der Waals surface area contributed by atoms with Crippen LogP contribution in [0.25, 0.3) is 0 Å². The smallest absolute Gasteiger partial charge is 0.258 e. The summed E-state index contributed by atoms with van der Waals surface area (Å²) in [5.74, 6) is 0.664. The predicted octanol–water partition coefficient (Wildman–Crippen LogP) is -1.51. The number of carbonyl (C=O) groups is 1. The molecule has 1 aromatic rings. The predicted molar refractivity (Wildman–Crippen MR) is 89.0 cm³/mol. The van der Waals surface area contributed by atoms with Crippen LogP contribution in [-0.2, 0) is 4.79 Å². The lowest BCUT2D eigenvalue weighted by Gasteiger charge is -2.15. The summed E-state index contributed by atoms with van der Waals surface area (Å²) >= 11 is 3.52. The Morgan fingerprint density at radius 2 is 1.77 bits per heavy atom. The lowest BCUT2D eigenvalue weighted by molar-refractivity contribution is -0.895. The average Bonchev–Trinajstić information content (AvgIpc) is 2.47. The Morgan fingerprint density at radius 3 is 2.27 bits per heavy atom. The van der Waals surface area contributed by atoms with E-state index < -0.39 is 0 Å². The van der Waals surface area contributed by atoms with Gasteiger partial charge in [0.2, 0.25) is 0 Å². The van der Waals surface area contributed by atoms with Crippen LogP contribution in [0.15, 0.2) is 16.6 Å². The molecule has 4 nitrogen and oxygen atoms in total. The Labute approximate surface area is 148 Å². The topological polar surface area (TPSA) is 42.8 Å². The molecule has 0 aromatic heterocycles. The molecule has 1 aromatic carbocycles. The molecule has 0 aliphatic rings. The van der Waals surface area contributed by atoms with E-state index in [0.717, 1.165) is 41.0 Å². The van der Waals surface area contributed by atoms with Gasteiger partial charge in [-0.15, -0.1) is 0 Å².